The van der Waals surface area contributed by atoms with Gasteiger partial charge in [-0.1, -0.05) is 19.3 Å². The van der Waals surface area contributed by atoms with Gasteiger partial charge in [0, 0.05) is 31.3 Å². The number of nitrogens with one attached hydrogen (secondary N) is 1. The predicted octanol–water partition coefficient (Wildman–Crippen LogP) is 1.95. The van der Waals surface area contributed by atoms with Crippen LogP contribution < -0.4 is 0 Å². The van der Waals surface area contributed by atoms with Crippen molar-refractivity contribution >= 4 is 5.91 Å². The summed E-state index contributed by atoms with van der Waals surface area (Å²) in [5.41, 5.74) is 1.06. The molecule has 88 valence electrons. The Morgan fingerprint density at radius 2 is 2.25 bits per heavy atom. The van der Waals surface area contributed by atoms with E-state index in [1.54, 1.807) is 6.20 Å². The van der Waals surface area contributed by atoms with E-state index >= 15 is 0 Å². The highest BCUT2D eigenvalue weighted by atomic mass is 16.2. The van der Waals surface area contributed by atoms with Gasteiger partial charge in [0.05, 0.1) is 6.20 Å². The van der Waals surface area contributed by atoms with Gasteiger partial charge in [-0.15, -0.1) is 0 Å². The van der Waals surface area contributed by atoms with Crippen molar-refractivity contribution in [3.05, 3.63) is 18.0 Å². The van der Waals surface area contributed by atoms with Crippen LogP contribution in [-0.4, -0.2) is 28.1 Å². The van der Waals surface area contributed by atoms with Gasteiger partial charge in [-0.2, -0.15) is 5.10 Å². The first-order chi connectivity index (χ1) is 7.77. The number of hydrogen-bond acceptors (Lipinski definition) is 2. The van der Waals surface area contributed by atoms with Gasteiger partial charge in [0.25, 0.3) is 0 Å². The standard InChI is InChI=1S/C12H19N3O/c1-15(9-10-7-13-14-8-10)12(16)11-5-3-2-4-6-11/h7-8,11H,2-6,9H2,1H3,(H,13,14). The van der Waals surface area contributed by atoms with Crippen LogP contribution in [0.4, 0.5) is 0 Å². The monoisotopic (exact) mass is 221 g/mol. The largest absolute Gasteiger partial charge is 0.341 e. The molecule has 1 amide bonds. The summed E-state index contributed by atoms with van der Waals surface area (Å²) >= 11 is 0. The highest BCUT2D eigenvalue weighted by Gasteiger charge is 2.23. The molecule has 1 fully saturated rings. The van der Waals surface area contributed by atoms with Crippen molar-refractivity contribution in [2.24, 2.45) is 5.92 Å². The molecule has 1 saturated carbocycles. The van der Waals surface area contributed by atoms with Crippen molar-refractivity contribution in [1.82, 2.24) is 15.1 Å². The molecule has 1 heterocycles. The Labute approximate surface area is 96.0 Å². The highest BCUT2D eigenvalue weighted by Crippen LogP contribution is 2.25. The fraction of sp³-hybridized carbons (Fsp3) is 0.667. The van der Waals surface area contributed by atoms with E-state index in [0.29, 0.717) is 12.5 Å². The lowest BCUT2D eigenvalue weighted by Gasteiger charge is -2.26. The average Bonchev–Trinajstić information content (AvgIpc) is 2.82. The minimum absolute atomic E-state index is 0.255. The number of rotatable bonds is 3. The molecule has 1 aliphatic rings. The number of nitrogens with zero attached hydrogens (tertiary/aromatic N) is 2. The molecule has 1 aliphatic carbocycles. The summed E-state index contributed by atoms with van der Waals surface area (Å²) in [6.45, 7) is 0.659. The van der Waals surface area contributed by atoms with Gasteiger partial charge in [0.15, 0.2) is 0 Å². The van der Waals surface area contributed by atoms with Crippen LogP contribution in [-0.2, 0) is 11.3 Å². The highest BCUT2D eigenvalue weighted by molar-refractivity contribution is 5.78. The molecule has 0 aromatic carbocycles. The molecule has 4 heteroatoms. The van der Waals surface area contributed by atoms with Crippen LogP contribution in [0.5, 0.6) is 0 Å². The van der Waals surface area contributed by atoms with E-state index < -0.39 is 0 Å². The van der Waals surface area contributed by atoms with E-state index in [1.165, 1.54) is 19.3 Å². The second kappa shape index (κ2) is 5.14. The molecule has 0 spiro atoms. The van der Waals surface area contributed by atoms with Crippen molar-refractivity contribution in [1.29, 1.82) is 0 Å². The van der Waals surface area contributed by atoms with Gasteiger partial charge in [0.2, 0.25) is 5.91 Å². The Morgan fingerprint density at radius 3 is 2.88 bits per heavy atom. The number of carbonyl (C=O) groups is 1. The van der Waals surface area contributed by atoms with E-state index in [-0.39, 0.29) is 5.92 Å². The average molecular weight is 221 g/mol. The zero-order valence-electron chi connectivity index (χ0n) is 9.78. The molecule has 4 nitrogen and oxygen atoms in total. The molecule has 0 atom stereocenters. The first-order valence-electron chi connectivity index (χ1n) is 6.00. The molecule has 0 aliphatic heterocycles. The van der Waals surface area contributed by atoms with Gasteiger partial charge in [-0.25, -0.2) is 0 Å². The topological polar surface area (TPSA) is 49.0 Å². The van der Waals surface area contributed by atoms with E-state index in [4.69, 9.17) is 0 Å². The Balaban J connectivity index is 1.88. The first kappa shape index (κ1) is 11.2. The number of hydrogen-bond donors (Lipinski definition) is 1. The van der Waals surface area contributed by atoms with E-state index in [9.17, 15) is 4.79 Å². The molecular weight excluding hydrogens is 202 g/mol. The van der Waals surface area contributed by atoms with Crippen LogP contribution >= 0.6 is 0 Å². The number of aromatic amines is 1. The summed E-state index contributed by atoms with van der Waals surface area (Å²) in [4.78, 5) is 13.9. The van der Waals surface area contributed by atoms with Gasteiger partial charge < -0.3 is 4.90 Å². The third-order valence-electron chi connectivity index (χ3n) is 3.31. The van der Waals surface area contributed by atoms with Crippen LogP contribution in [0.3, 0.4) is 0 Å². The quantitative estimate of drug-likeness (QED) is 0.848. The molecule has 16 heavy (non-hydrogen) atoms. The molecule has 1 N–H and O–H groups in total. The summed E-state index contributed by atoms with van der Waals surface area (Å²) in [5, 5.41) is 6.65. The van der Waals surface area contributed by atoms with Gasteiger partial charge in [0.1, 0.15) is 0 Å². The number of carbonyl (C=O) groups excluding carboxylic acids is 1. The molecule has 1 aromatic heterocycles. The second-order valence-electron chi connectivity index (χ2n) is 4.64. The van der Waals surface area contributed by atoms with Crippen LogP contribution in [0, 0.1) is 5.92 Å². The van der Waals surface area contributed by atoms with E-state index in [2.05, 4.69) is 10.2 Å². The maximum atomic E-state index is 12.1. The summed E-state index contributed by atoms with van der Waals surface area (Å²) in [7, 11) is 1.88. The van der Waals surface area contributed by atoms with Crippen molar-refractivity contribution in [3.63, 3.8) is 0 Å². The van der Waals surface area contributed by atoms with Gasteiger partial charge in [-0.05, 0) is 12.8 Å². The summed E-state index contributed by atoms with van der Waals surface area (Å²) in [5.74, 6) is 0.548. The van der Waals surface area contributed by atoms with Crippen LogP contribution in [0.25, 0.3) is 0 Å². The number of amides is 1. The third kappa shape index (κ3) is 2.62. The molecule has 0 bridgehead atoms. The Kier molecular flexibility index (Phi) is 3.59. The minimum atomic E-state index is 0.255. The predicted molar refractivity (Wildman–Crippen MR) is 61.6 cm³/mol. The summed E-state index contributed by atoms with van der Waals surface area (Å²) in [6.07, 6.45) is 9.43. The molecule has 2 rings (SSSR count). The van der Waals surface area contributed by atoms with E-state index in [0.717, 1.165) is 18.4 Å². The van der Waals surface area contributed by atoms with Crippen LogP contribution in [0.2, 0.25) is 0 Å². The van der Waals surface area contributed by atoms with Gasteiger partial charge in [-0.3, -0.25) is 9.89 Å². The van der Waals surface area contributed by atoms with Crippen molar-refractivity contribution in [3.8, 4) is 0 Å². The first-order valence-corrected chi connectivity index (χ1v) is 6.00. The van der Waals surface area contributed by atoms with Crippen molar-refractivity contribution in [2.45, 2.75) is 38.6 Å². The molecule has 1 aromatic rings. The minimum Gasteiger partial charge on any atom is -0.341 e. The lowest BCUT2D eigenvalue weighted by molar-refractivity contribution is -0.135. The molecule has 0 unspecified atom stereocenters. The smallest absolute Gasteiger partial charge is 0.225 e. The Bertz CT molecular complexity index is 328. The maximum Gasteiger partial charge on any atom is 0.225 e. The van der Waals surface area contributed by atoms with Crippen molar-refractivity contribution < 1.29 is 4.79 Å². The maximum absolute atomic E-state index is 12.1. The third-order valence-corrected chi connectivity index (χ3v) is 3.31. The number of aromatic nitrogens is 2. The van der Waals surface area contributed by atoms with E-state index in [1.807, 2.05) is 18.1 Å². The Morgan fingerprint density at radius 1 is 1.50 bits per heavy atom. The fourth-order valence-electron chi connectivity index (χ4n) is 2.38. The SMILES string of the molecule is CN(Cc1cn[nH]c1)C(=O)C1CCCCC1. The fourth-order valence-corrected chi connectivity index (χ4v) is 2.38. The summed E-state index contributed by atoms with van der Waals surface area (Å²) < 4.78 is 0. The molecule has 0 saturated heterocycles. The molecular formula is C12H19N3O. The second-order valence-corrected chi connectivity index (χ2v) is 4.64. The lowest BCUT2D eigenvalue weighted by Crippen LogP contribution is -2.33. The van der Waals surface area contributed by atoms with Crippen LogP contribution in [0.1, 0.15) is 37.7 Å². The normalized spacial score (nSPS) is 17.3. The zero-order valence-corrected chi connectivity index (χ0v) is 9.78. The lowest BCUT2D eigenvalue weighted by atomic mass is 9.88. The zero-order chi connectivity index (χ0) is 11.4. The summed E-state index contributed by atoms with van der Waals surface area (Å²) in [6, 6.07) is 0. The number of H-pyrrole nitrogens is 1. The van der Waals surface area contributed by atoms with Crippen LogP contribution in [0.15, 0.2) is 12.4 Å². The van der Waals surface area contributed by atoms with Crippen molar-refractivity contribution in [2.75, 3.05) is 7.05 Å². The Hall–Kier alpha value is -1.32. The molecule has 0 radical (unpaired) electrons. The van der Waals surface area contributed by atoms with Gasteiger partial charge >= 0.3 is 0 Å².